The van der Waals surface area contributed by atoms with E-state index < -0.39 is 0 Å². The first-order valence-corrected chi connectivity index (χ1v) is 8.69. The fourth-order valence-electron chi connectivity index (χ4n) is 6.32. The van der Waals surface area contributed by atoms with Crippen LogP contribution in [0, 0.1) is 34.5 Å². The van der Waals surface area contributed by atoms with Crippen LogP contribution in [0.1, 0.15) is 58.8 Å². The van der Waals surface area contributed by atoms with Crippen LogP contribution in [-0.4, -0.2) is 11.6 Å². The van der Waals surface area contributed by atoms with E-state index in [1.807, 2.05) is 6.08 Å². The van der Waals surface area contributed by atoms with E-state index in [0.717, 1.165) is 31.6 Å². The molecule has 21 heavy (non-hydrogen) atoms. The van der Waals surface area contributed by atoms with Crippen molar-refractivity contribution < 1.29 is 9.59 Å². The topological polar surface area (TPSA) is 34.1 Å². The summed E-state index contributed by atoms with van der Waals surface area (Å²) in [6.45, 7) is 4.64. The van der Waals surface area contributed by atoms with Gasteiger partial charge in [-0.1, -0.05) is 19.9 Å². The molecule has 2 heteroatoms. The van der Waals surface area contributed by atoms with Gasteiger partial charge in [0, 0.05) is 18.3 Å². The van der Waals surface area contributed by atoms with Crippen LogP contribution in [0.5, 0.6) is 0 Å². The molecule has 6 atom stereocenters. The Hall–Kier alpha value is -0.920. The summed E-state index contributed by atoms with van der Waals surface area (Å²) in [5, 5.41) is 0. The molecule has 0 bridgehead atoms. The Kier molecular flexibility index (Phi) is 2.81. The number of carbonyl (C=O) groups excluding carboxylic acids is 2. The average Bonchev–Trinajstić information content (AvgIpc) is 2.76. The zero-order valence-electron chi connectivity index (χ0n) is 13.2. The van der Waals surface area contributed by atoms with Crippen LogP contribution in [0.2, 0.25) is 0 Å². The number of rotatable bonds is 0. The monoisotopic (exact) mass is 286 g/mol. The Morgan fingerprint density at radius 1 is 1.10 bits per heavy atom. The zero-order chi connectivity index (χ0) is 14.8. The van der Waals surface area contributed by atoms with E-state index in [9.17, 15) is 9.59 Å². The zero-order valence-corrected chi connectivity index (χ0v) is 13.2. The molecule has 0 amide bonds. The molecule has 3 saturated carbocycles. The Labute approximate surface area is 127 Å². The first kappa shape index (κ1) is 13.7. The Bertz CT molecular complexity index is 534. The number of hydrogen-bond acceptors (Lipinski definition) is 2. The third kappa shape index (κ3) is 1.71. The first-order valence-electron chi connectivity index (χ1n) is 8.69. The normalized spacial score (nSPS) is 52.3. The van der Waals surface area contributed by atoms with Gasteiger partial charge in [-0.25, -0.2) is 0 Å². The molecule has 0 aromatic rings. The summed E-state index contributed by atoms with van der Waals surface area (Å²) < 4.78 is 0. The number of hydrogen-bond donors (Lipinski definition) is 0. The molecule has 0 heterocycles. The minimum atomic E-state index is -0.116. The van der Waals surface area contributed by atoms with Gasteiger partial charge < -0.3 is 0 Å². The molecular formula is C19H26O2. The Morgan fingerprint density at radius 3 is 2.71 bits per heavy atom. The third-order valence-electron chi connectivity index (χ3n) is 7.75. The van der Waals surface area contributed by atoms with Crippen molar-refractivity contribution in [3.05, 3.63) is 12.2 Å². The molecule has 0 spiro atoms. The van der Waals surface area contributed by atoms with Gasteiger partial charge in [-0.05, 0) is 67.3 Å². The second kappa shape index (κ2) is 4.30. The molecule has 0 radical (unpaired) electrons. The summed E-state index contributed by atoms with van der Waals surface area (Å²) in [7, 11) is 0. The van der Waals surface area contributed by atoms with Crippen LogP contribution in [0.15, 0.2) is 12.2 Å². The Balaban J connectivity index is 1.67. The van der Waals surface area contributed by atoms with Gasteiger partial charge in [0.05, 0.1) is 0 Å². The molecule has 2 nitrogen and oxygen atoms in total. The molecule has 0 N–H and O–H groups in total. The molecule has 0 aromatic heterocycles. The quantitative estimate of drug-likeness (QED) is 0.676. The number of fused-ring (bicyclic) bond motifs is 5. The summed E-state index contributed by atoms with van der Waals surface area (Å²) in [6.07, 6.45) is 11.4. The van der Waals surface area contributed by atoms with Crippen molar-refractivity contribution in [2.45, 2.75) is 58.8 Å². The number of ketones is 2. The van der Waals surface area contributed by atoms with Crippen LogP contribution >= 0.6 is 0 Å². The lowest BCUT2D eigenvalue weighted by molar-refractivity contribution is -0.142. The van der Waals surface area contributed by atoms with Crippen LogP contribution in [0.3, 0.4) is 0 Å². The van der Waals surface area contributed by atoms with Crippen molar-refractivity contribution in [3.63, 3.8) is 0 Å². The summed E-state index contributed by atoms with van der Waals surface area (Å²) in [6, 6.07) is 0. The summed E-state index contributed by atoms with van der Waals surface area (Å²) in [5.41, 5.74) is 0.229. The maximum absolute atomic E-state index is 12.3. The molecule has 4 rings (SSSR count). The molecule has 114 valence electrons. The van der Waals surface area contributed by atoms with Gasteiger partial charge in [0.15, 0.2) is 5.78 Å². The van der Waals surface area contributed by atoms with Gasteiger partial charge in [-0.2, -0.15) is 0 Å². The van der Waals surface area contributed by atoms with Crippen LogP contribution < -0.4 is 0 Å². The maximum Gasteiger partial charge on any atom is 0.161 e. The first-order chi connectivity index (χ1) is 9.95. The maximum atomic E-state index is 12.3. The van der Waals surface area contributed by atoms with Crippen molar-refractivity contribution in [3.8, 4) is 0 Å². The third-order valence-corrected chi connectivity index (χ3v) is 7.75. The molecule has 0 aliphatic heterocycles. The molecule has 3 fully saturated rings. The number of allylic oxidation sites excluding steroid dienone is 2. The lowest BCUT2D eigenvalue weighted by atomic mass is 9.45. The fourth-order valence-corrected chi connectivity index (χ4v) is 6.32. The summed E-state index contributed by atoms with van der Waals surface area (Å²) >= 11 is 0. The summed E-state index contributed by atoms with van der Waals surface area (Å²) in [5.74, 6) is 3.29. The number of carbonyl (C=O) groups is 2. The second-order valence-electron chi connectivity index (χ2n) is 8.50. The molecular weight excluding hydrogens is 260 g/mol. The van der Waals surface area contributed by atoms with E-state index >= 15 is 0 Å². The van der Waals surface area contributed by atoms with Gasteiger partial charge in [0.1, 0.15) is 5.78 Å². The van der Waals surface area contributed by atoms with Crippen molar-refractivity contribution >= 4 is 11.6 Å². The molecule has 0 aromatic carbocycles. The van der Waals surface area contributed by atoms with Crippen molar-refractivity contribution in [2.75, 3.05) is 0 Å². The second-order valence-corrected chi connectivity index (χ2v) is 8.50. The van der Waals surface area contributed by atoms with E-state index in [1.54, 1.807) is 0 Å². The number of Topliss-reactive ketones (excluding diaryl/α,β-unsaturated/α-hetero) is 1. The summed E-state index contributed by atoms with van der Waals surface area (Å²) in [4.78, 5) is 24.1. The largest absolute Gasteiger partial charge is 0.300 e. The van der Waals surface area contributed by atoms with E-state index in [4.69, 9.17) is 0 Å². The van der Waals surface area contributed by atoms with Gasteiger partial charge in [0.2, 0.25) is 0 Å². The van der Waals surface area contributed by atoms with Crippen LogP contribution in [0.25, 0.3) is 0 Å². The lowest BCUT2D eigenvalue weighted by Crippen LogP contribution is -2.53. The highest BCUT2D eigenvalue weighted by molar-refractivity contribution is 5.97. The molecule has 0 unspecified atom stereocenters. The van der Waals surface area contributed by atoms with Crippen molar-refractivity contribution in [1.82, 2.24) is 0 Å². The molecule has 4 aliphatic carbocycles. The van der Waals surface area contributed by atoms with Gasteiger partial charge in [-0.15, -0.1) is 0 Å². The van der Waals surface area contributed by atoms with E-state index in [-0.39, 0.29) is 5.41 Å². The van der Waals surface area contributed by atoms with Crippen molar-refractivity contribution in [2.24, 2.45) is 34.5 Å². The lowest BCUT2D eigenvalue weighted by Gasteiger charge is -2.59. The van der Waals surface area contributed by atoms with E-state index in [0.29, 0.717) is 34.7 Å². The fraction of sp³-hybridized carbons (Fsp3) is 0.789. The minimum Gasteiger partial charge on any atom is -0.300 e. The van der Waals surface area contributed by atoms with Crippen LogP contribution in [-0.2, 0) is 9.59 Å². The molecule has 4 aliphatic rings. The highest BCUT2D eigenvalue weighted by atomic mass is 16.1. The van der Waals surface area contributed by atoms with Gasteiger partial charge in [-0.3, -0.25) is 9.59 Å². The highest BCUT2D eigenvalue weighted by Crippen LogP contribution is 2.63. The smallest absolute Gasteiger partial charge is 0.161 e. The van der Waals surface area contributed by atoms with Crippen LogP contribution in [0.4, 0.5) is 0 Å². The van der Waals surface area contributed by atoms with Crippen molar-refractivity contribution in [1.29, 1.82) is 0 Å². The SMILES string of the molecule is C[C@@]12CCC(=O)C[C@@H]1CC[C@@H]1[C@H]3C=CC(=O)[C@]3(C)CC[C@@H]12. The van der Waals surface area contributed by atoms with E-state index in [2.05, 4.69) is 19.9 Å². The van der Waals surface area contributed by atoms with Gasteiger partial charge in [0.25, 0.3) is 0 Å². The van der Waals surface area contributed by atoms with Gasteiger partial charge >= 0.3 is 0 Å². The predicted octanol–water partition coefficient (Wildman–Crippen LogP) is 3.94. The predicted molar refractivity (Wildman–Crippen MR) is 81.6 cm³/mol. The molecule has 0 saturated heterocycles. The van der Waals surface area contributed by atoms with E-state index in [1.165, 1.54) is 19.3 Å². The highest BCUT2D eigenvalue weighted by Gasteiger charge is 2.58. The Morgan fingerprint density at radius 2 is 1.90 bits per heavy atom. The minimum absolute atomic E-state index is 0.116. The standard InChI is InChI=1S/C19H26O2/c1-18-9-7-13(20)11-12(18)3-4-14-15-5-6-17(21)19(15,2)10-8-16(14)18/h5-6,12,14-16H,3-4,7-11H2,1-2H3/t12-,14+,15+,16-,18+,19+/m0/s1. The average molecular weight is 286 g/mol.